The average molecular weight is 363 g/mol. The Morgan fingerprint density at radius 2 is 1.81 bits per heavy atom. The van der Waals surface area contributed by atoms with E-state index in [4.69, 9.17) is 4.74 Å². The first kappa shape index (κ1) is 18.7. The first-order chi connectivity index (χ1) is 12.9. The number of para-hydroxylation sites is 1. The van der Waals surface area contributed by atoms with E-state index in [0.29, 0.717) is 5.56 Å². The fourth-order valence-corrected chi connectivity index (χ4v) is 2.99. The van der Waals surface area contributed by atoms with Crippen LogP contribution in [0.5, 0.6) is 5.75 Å². The lowest BCUT2D eigenvalue weighted by molar-refractivity contribution is 0.102. The van der Waals surface area contributed by atoms with Crippen LogP contribution in [-0.2, 0) is 0 Å². The van der Waals surface area contributed by atoms with Crippen molar-refractivity contribution < 1.29 is 9.53 Å². The zero-order valence-corrected chi connectivity index (χ0v) is 16.4. The van der Waals surface area contributed by atoms with Crippen molar-refractivity contribution in [1.82, 2.24) is 9.78 Å². The second-order valence-electron chi connectivity index (χ2n) is 6.94. The van der Waals surface area contributed by atoms with E-state index in [1.807, 2.05) is 77.1 Å². The van der Waals surface area contributed by atoms with E-state index >= 15 is 0 Å². The lowest BCUT2D eigenvalue weighted by atomic mass is 10.1. The van der Waals surface area contributed by atoms with Gasteiger partial charge in [0.2, 0.25) is 0 Å². The third-order valence-electron chi connectivity index (χ3n) is 4.42. The highest BCUT2D eigenvalue weighted by molar-refractivity contribution is 6.05. The molecule has 0 aliphatic carbocycles. The van der Waals surface area contributed by atoms with Crippen LogP contribution in [0.15, 0.2) is 48.7 Å². The number of carbonyl (C=O) groups excluding carboxylic acids is 1. The second kappa shape index (κ2) is 7.66. The number of benzene rings is 2. The molecule has 0 atom stereocenters. The number of nitrogens with one attached hydrogen (secondary N) is 1. The molecule has 1 aromatic heterocycles. The topological polar surface area (TPSA) is 56.1 Å². The Morgan fingerprint density at radius 1 is 1.07 bits per heavy atom. The maximum atomic E-state index is 12.8. The Bertz CT molecular complexity index is 973. The standard InChI is InChI=1S/C22H25N3O2/c1-14(2)27-18-10-11-20(16(4)12-18)24-22(26)19-13-23-25(17(19)5)21-9-7-6-8-15(21)3/h6-14H,1-5H3,(H,24,26). The summed E-state index contributed by atoms with van der Waals surface area (Å²) in [6.45, 7) is 9.85. The van der Waals surface area contributed by atoms with E-state index in [0.717, 1.165) is 33.9 Å². The van der Waals surface area contributed by atoms with Crippen LogP contribution in [0.2, 0.25) is 0 Å². The van der Waals surface area contributed by atoms with Crippen molar-refractivity contribution in [2.45, 2.75) is 40.7 Å². The van der Waals surface area contributed by atoms with Gasteiger partial charge in [0.05, 0.1) is 29.2 Å². The lowest BCUT2D eigenvalue weighted by Crippen LogP contribution is -2.14. The van der Waals surface area contributed by atoms with Crippen LogP contribution >= 0.6 is 0 Å². The Morgan fingerprint density at radius 3 is 2.48 bits per heavy atom. The number of aromatic nitrogens is 2. The van der Waals surface area contributed by atoms with Gasteiger partial charge in [0, 0.05) is 5.69 Å². The minimum absolute atomic E-state index is 0.111. The molecule has 0 aliphatic rings. The van der Waals surface area contributed by atoms with Crippen molar-refractivity contribution in [2.24, 2.45) is 0 Å². The average Bonchev–Trinajstić information content (AvgIpc) is 2.98. The van der Waals surface area contributed by atoms with Crippen LogP contribution < -0.4 is 10.1 Å². The molecule has 27 heavy (non-hydrogen) atoms. The molecular formula is C22H25N3O2. The lowest BCUT2D eigenvalue weighted by Gasteiger charge is -2.13. The van der Waals surface area contributed by atoms with Gasteiger partial charge < -0.3 is 10.1 Å². The highest BCUT2D eigenvalue weighted by Gasteiger charge is 2.17. The molecule has 1 heterocycles. The van der Waals surface area contributed by atoms with Gasteiger partial charge in [-0.1, -0.05) is 18.2 Å². The molecule has 5 heteroatoms. The quantitative estimate of drug-likeness (QED) is 0.706. The molecule has 0 unspecified atom stereocenters. The summed E-state index contributed by atoms with van der Waals surface area (Å²) in [6.07, 6.45) is 1.72. The molecule has 0 radical (unpaired) electrons. The minimum atomic E-state index is -0.173. The molecule has 0 fully saturated rings. The van der Waals surface area contributed by atoms with Crippen molar-refractivity contribution in [2.75, 3.05) is 5.32 Å². The molecule has 140 valence electrons. The smallest absolute Gasteiger partial charge is 0.259 e. The van der Waals surface area contributed by atoms with Crippen molar-refractivity contribution in [3.05, 3.63) is 71.0 Å². The number of aryl methyl sites for hydroxylation is 2. The molecule has 2 aromatic carbocycles. The van der Waals surface area contributed by atoms with Crippen LogP contribution in [0.25, 0.3) is 5.69 Å². The molecule has 0 aliphatic heterocycles. The fourth-order valence-electron chi connectivity index (χ4n) is 2.99. The molecular weight excluding hydrogens is 338 g/mol. The van der Waals surface area contributed by atoms with Gasteiger partial charge in [0.25, 0.3) is 5.91 Å². The van der Waals surface area contributed by atoms with E-state index in [-0.39, 0.29) is 12.0 Å². The Hall–Kier alpha value is -3.08. The highest BCUT2D eigenvalue weighted by Crippen LogP contribution is 2.24. The normalized spacial score (nSPS) is 10.9. The number of ether oxygens (including phenoxy) is 1. The Labute approximate surface area is 160 Å². The maximum absolute atomic E-state index is 12.8. The number of anilines is 1. The molecule has 0 spiro atoms. The van der Waals surface area contributed by atoms with Gasteiger partial charge in [0.15, 0.2) is 0 Å². The zero-order valence-electron chi connectivity index (χ0n) is 16.4. The van der Waals surface area contributed by atoms with Gasteiger partial charge in [-0.25, -0.2) is 4.68 Å². The summed E-state index contributed by atoms with van der Waals surface area (Å²) in [4.78, 5) is 12.8. The minimum Gasteiger partial charge on any atom is -0.491 e. The predicted octanol–water partition coefficient (Wildman–Crippen LogP) is 4.84. The van der Waals surface area contributed by atoms with E-state index in [9.17, 15) is 4.79 Å². The van der Waals surface area contributed by atoms with Crippen molar-refractivity contribution in [1.29, 1.82) is 0 Å². The summed E-state index contributed by atoms with van der Waals surface area (Å²) in [7, 11) is 0. The summed E-state index contributed by atoms with van der Waals surface area (Å²) in [5.74, 6) is 0.622. The van der Waals surface area contributed by atoms with Crippen molar-refractivity contribution in [3.63, 3.8) is 0 Å². The van der Waals surface area contributed by atoms with Crippen molar-refractivity contribution >= 4 is 11.6 Å². The molecule has 1 amide bonds. The summed E-state index contributed by atoms with van der Waals surface area (Å²) in [5, 5.41) is 7.39. The van der Waals surface area contributed by atoms with Crippen LogP contribution in [0.4, 0.5) is 5.69 Å². The number of amides is 1. The third kappa shape index (κ3) is 4.03. The second-order valence-corrected chi connectivity index (χ2v) is 6.94. The van der Waals surface area contributed by atoms with Gasteiger partial charge in [-0.05, 0) is 70.0 Å². The summed E-state index contributed by atoms with van der Waals surface area (Å²) < 4.78 is 7.50. The van der Waals surface area contributed by atoms with Gasteiger partial charge in [-0.15, -0.1) is 0 Å². The van der Waals surface area contributed by atoms with E-state index in [1.54, 1.807) is 10.9 Å². The first-order valence-electron chi connectivity index (χ1n) is 9.06. The largest absolute Gasteiger partial charge is 0.491 e. The molecule has 1 N–H and O–H groups in total. The Balaban J connectivity index is 1.83. The maximum Gasteiger partial charge on any atom is 0.259 e. The molecule has 0 saturated heterocycles. The number of hydrogen-bond donors (Lipinski definition) is 1. The van der Waals surface area contributed by atoms with Gasteiger partial charge in [-0.2, -0.15) is 5.10 Å². The first-order valence-corrected chi connectivity index (χ1v) is 9.06. The number of rotatable bonds is 5. The zero-order chi connectivity index (χ0) is 19.6. The van der Waals surface area contributed by atoms with Gasteiger partial charge >= 0.3 is 0 Å². The summed E-state index contributed by atoms with van der Waals surface area (Å²) in [6, 6.07) is 13.6. The van der Waals surface area contributed by atoms with Crippen LogP contribution in [-0.4, -0.2) is 21.8 Å². The SMILES string of the molecule is Cc1cc(OC(C)C)ccc1NC(=O)c1cnn(-c2ccccc2C)c1C. The van der Waals surface area contributed by atoms with E-state index < -0.39 is 0 Å². The van der Waals surface area contributed by atoms with Gasteiger partial charge in [-0.3, -0.25) is 4.79 Å². The van der Waals surface area contributed by atoms with E-state index in [1.165, 1.54) is 0 Å². The van der Waals surface area contributed by atoms with Crippen LogP contribution in [0.3, 0.4) is 0 Å². The highest BCUT2D eigenvalue weighted by atomic mass is 16.5. The third-order valence-corrected chi connectivity index (χ3v) is 4.42. The fraction of sp³-hybridized carbons (Fsp3) is 0.273. The molecule has 5 nitrogen and oxygen atoms in total. The monoisotopic (exact) mass is 363 g/mol. The number of hydrogen-bond acceptors (Lipinski definition) is 3. The Kier molecular flexibility index (Phi) is 5.31. The van der Waals surface area contributed by atoms with Crippen LogP contribution in [0, 0.1) is 20.8 Å². The van der Waals surface area contributed by atoms with Crippen molar-refractivity contribution in [3.8, 4) is 11.4 Å². The molecule has 3 rings (SSSR count). The molecule has 0 saturated carbocycles. The summed E-state index contributed by atoms with van der Waals surface area (Å²) >= 11 is 0. The van der Waals surface area contributed by atoms with E-state index in [2.05, 4.69) is 10.4 Å². The summed E-state index contributed by atoms with van der Waals surface area (Å²) in [5.41, 5.74) is 5.15. The number of nitrogens with zero attached hydrogens (tertiary/aromatic N) is 2. The molecule has 0 bridgehead atoms. The predicted molar refractivity (Wildman–Crippen MR) is 108 cm³/mol. The van der Waals surface area contributed by atoms with Gasteiger partial charge in [0.1, 0.15) is 5.75 Å². The number of carbonyl (C=O) groups is 1. The molecule has 3 aromatic rings. The van der Waals surface area contributed by atoms with Crippen LogP contribution in [0.1, 0.15) is 41.0 Å².